The molecule has 7 nitrogen and oxygen atoms in total. The number of halogens is 2. The predicted octanol–water partition coefficient (Wildman–Crippen LogP) is 3.10. The van der Waals surface area contributed by atoms with E-state index in [1.165, 1.54) is 35.6 Å². The van der Waals surface area contributed by atoms with Crippen molar-refractivity contribution in [3.63, 3.8) is 0 Å². The van der Waals surface area contributed by atoms with Gasteiger partial charge in [-0.1, -0.05) is 31.0 Å². The third kappa shape index (κ3) is 3.36. The molecule has 0 amide bonds. The van der Waals surface area contributed by atoms with Gasteiger partial charge in [-0.3, -0.25) is 0 Å². The summed E-state index contributed by atoms with van der Waals surface area (Å²) in [6.07, 6.45) is 3.15. The third-order valence-electron chi connectivity index (χ3n) is 4.15. The Morgan fingerprint density at radius 3 is 2.48 bits per heavy atom. The van der Waals surface area contributed by atoms with Crippen LogP contribution in [0.1, 0.15) is 68.4 Å². The fourth-order valence-corrected chi connectivity index (χ4v) is 3.80. The average Bonchev–Trinajstić information content (AvgIpc) is 3.16. The molecule has 3 rings (SSSR count). The fraction of sp³-hybridized carbons (Fsp3) is 0.769. The monoisotopic (exact) mass is 343 g/mol. The topological polar surface area (TPSA) is 74.3 Å². The van der Waals surface area contributed by atoms with Crippen LogP contribution in [0.2, 0.25) is 0 Å². The first-order valence-electron chi connectivity index (χ1n) is 7.69. The van der Waals surface area contributed by atoms with E-state index in [1.54, 1.807) is 7.05 Å². The summed E-state index contributed by atoms with van der Waals surface area (Å²) in [5.74, 6) is 0.426. The molecule has 1 unspecified atom stereocenters. The summed E-state index contributed by atoms with van der Waals surface area (Å²) in [5.41, 5.74) is 0. The van der Waals surface area contributed by atoms with Crippen LogP contribution in [0, 0.1) is 0 Å². The zero-order chi connectivity index (χ0) is 16.4. The van der Waals surface area contributed by atoms with E-state index in [0.717, 1.165) is 18.7 Å². The normalized spacial score (nSPS) is 17.8. The van der Waals surface area contributed by atoms with E-state index in [4.69, 9.17) is 0 Å². The molecule has 2 aromatic rings. The Balaban J connectivity index is 1.76. The summed E-state index contributed by atoms with van der Waals surface area (Å²) < 4.78 is 28.8. The second kappa shape index (κ2) is 6.90. The molecule has 1 atom stereocenters. The van der Waals surface area contributed by atoms with Gasteiger partial charge in [0.05, 0.1) is 11.3 Å². The molecule has 0 spiro atoms. The maximum atomic E-state index is 12.8. The highest BCUT2D eigenvalue weighted by Gasteiger charge is 2.25. The van der Waals surface area contributed by atoms with Gasteiger partial charge in [-0.05, 0) is 30.2 Å². The van der Waals surface area contributed by atoms with Gasteiger partial charge >= 0.3 is 0 Å². The Kier molecular flexibility index (Phi) is 4.88. The quantitative estimate of drug-likeness (QED) is 0.777. The summed E-state index contributed by atoms with van der Waals surface area (Å²) in [7, 11) is 1.54. The molecule has 0 aliphatic heterocycles. The number of hydrogen-bond donors (Lipinski definition) is 0. The molecular weight excluding hydrogens is 324 g/mol. The molecule has 0 radical (unpaired) electrons. The van der Waals surface area contributed by atoms with Crippen LogP contribution >= 0.6 is 11.8 Å². The van der Waals surface area contributed by atoms with Crippen molar-refractivity contribution in [2.45, 2.75) is 61.9 Å². The van der Waals surface area contributed by atoms with Crippen LogP contribution in [0.15, 0.2) is 5.16 Å². The van der Waals surface area contributed by atoms with Gasteiger partial charge in [0, 0.05) is 7.05 Å². The van der Waals surface area contributed by atoms with Crippen LogP contribution in [0.3, 0.4) is 0 Å². The summed E-state index contributed by atoms with van der Waals surface area (Å²) in [4.78, 5) is 0. The minimum absolute atomic E-state index is 0.0969. The Morgan fingerprint density at radius 1 is 1.09 bits per heavy atom. The molecule has 1 aliphatic rings. The highest BCUT2D eigenvalue weighted by molar-refractivity contribution is 7.99. The average molecular weight is 343 g/mol. The summed E-state index contributed by atoms with van der Waals surface area (Å²) in [5, 5.41) is 19.8. The van der Waals surface area contributed by atoms with Gasteiger partial charge in [0.2, 0.25) is 5.82 Å². The fourth-order valence-electron chi connectivity index (χ4n) is 2.88. The Morgan fingerprint density at radius 2 is 1.83 bits per heavy atom. The molecule has 2 heterocycles. The van der Waals surface area contributed by atoms with Crippen molar-refractivity contribution in [1.82, 2.24) is 35.0 Å². The van der Waals surface area contributed by atoms with E-state index in [1.807, 2.05) is 11.6 Å². The van der Waals surface area contributed by atoms with Crippen LogP contribution in [-0.2, 0) is 7.05 Å². The lowest BCUT2D eigenvalue weighted by Gasteiger charge is -2.23. The molecule has 1 aliphatic carbocycles. The first kappa shape index (κ1) is 16.3. The van der Waals surface area contributed by atoms with Crippen LogP contribution in [0.4, 0.5) is 8.78 Å². The number of nitrogens with zero attached hydrogens (tertiary/aromatic N) is 7. The molecule has 10 heteroatoms. The second-order valence-electron chi connectivity index (χ2n) is 5.73. The van der Waals surface area contributed by atoms with E-state index < -0.39 is 6.43 Å². The van der Waals surface area contributed by atoms with E-state index in [9.17, 15) is 8.78 Å². The molecule has 126 valence electrons. The molecule has 0 bridgehead atoms. The lowest BCUT2D eigenvalue weighted by atomic mass is 9.95. The minimum atomic E-state index is -2.63. The molecule has 23 heavy (non-hydrogen) atoms. The molecule has 2 aromatic heterocycles. The van der Waals surface area contributed by atoms with E-state index in [0.29, 0.717) is 11.2 Å². The number of tetrazole rings is 1. The van der Waals surface area contributed by atoms with Gasteiger partial charge in [-0.15, -0.1) is 15.3 Å². The van der Waals surface area contributed by atoms with Crippen LogP contribution < -0.4 is 0 Å². The summed E-state index contributed by atoms with van der Waals surface area (Å²) >= 11 is 1.34. The zero-order valence-electron chi connectivity index (χ0n) is 13.1. The molecular formula is C13H19F2N7S. The number of aromatic nitrogens is 7. The molecule has 0 aromatic carbocycles. The largest absolute Gasteiger partial charge is 0.304 e. The maximum absolute atomic E-state index is 12.8. The Labute approximate surface area is 136 Å². The third-order valence-corrected chi connectivity index (χ3v) is 5.28. The van der Waals surface area contributed by atoms with Crippen molar-refractivity contribution in [2.24, 2.45) is 7.05 Å². The van der Waals surface area contributed by atoms with Gasteiger partial charge in [0.1, 0.15) is 0 Å². The first-order chi connectivity index (χ1) is 11.1. The van der Waals surface area contributed by atoms with Gasteiger partial charge < -0.3 is 4.57 Å². The van der Waals surface area contributed by atoms with Gasteiger partial charge in [0.15, 0.2) is 11.0 Å². The van der Waals surface area contributed by atoms with Gasteiger partial charge in [-0.25, -0.2) is 13.5 Å². The highest BCUT2D eigenvalue weighted by Crippen LogP contribution is 2.36. The maximum Gasteiger partial charge on any atom is 0.297 e. The van der Waals surface area contributed by atoms with Crippen LogP contribution in [-0.4, -0.2) is 35.0 Å². The Bertz CT molecular complexity index is 651. The van der Waals surface area contributed by atoms with E-state index in [2.05, 4.69) is 25.7 Å². The van der Waals surface area contributed by atoms with Crippen molar-refractivity contribution < 1.29 is 8.78 Å². The Hall–Kier alpha value is -1.58. The number of thioether (sulfide) groups is 1. The smallest absolute Gasteiger partial charge is 0.297 e. The first-order valence-corrected chi connectivity index (χ1v) is 8.57. The molecule has 0 saturated heterocycles. The lowest BCUT2D eigenvalue weighted by molar-refractivity contribution is 0.135. The number of rotatable bonds is 5. The zero-order valence-corrected chi connectivity index (χ0v) is 13.9. The molecule has 0 N–H and O–H groups in total. The van der Waals surface area contributed by atoms with Crippen molar-refractivity contribution >= 4 is 11.8 Å². The van der Waals surface area contributed by atoms with Gasteiger partial charge in [0.25, 0.3) is 6.43 Å². The predicted molar refractivity (Wildman–Crippen MR) is 80.2 cm³/mol. The van der Waals surface area contributed by atoms with E-state index in [-0.39, 0.29) is 11.1 Å². The van der Waals surface area contributed by atoms with Crippen LogP contribution in [0.25, 0.3) is 0 Å². The molecule has 1 saturated carbocycles. The minimum Gasteiger partial charge on any atom is -0.304 e. The summed E-state index contributed by atoms with van der Waals surface area (Å²) in [6.45, 7) is 1.95. The van der Waals surface area contributed by atoms with Gasteiger partial charge in [-0.2, -0.15) is 0 Å². The number of alkyl halides is 2. The van der Waals surface area contributed by atoms with Crippen molar-refractivity contribution in [3.8, 4) is 0 Å². The SMILES string of the molecule is CC(Sc1nnc(C(F)F)n1C)c1nnnn1C1CCCCC1. The van der Waals surface area contributed by atoms with Crippen molar-refractivity contribution in [2.75, 3.05) is 0 Å². The highest BCUT2D eigenvalue weighted by atomic mass is 32.2. The van der Waals surface area contributed by atoms with Crippen LogP contribution in [0.5, 0.6) is 0 Å². The second-order valence-corrected chi connectivity index (χ2v) is 7.04. The lowest BCUT2D eigenvalue weighted by Crippen LogP contribution is -2.17. The van der Waals surface area contributed by atoms with Crippen molar-refractivity contribution in [3.05, 3.63) is 11.6 Å². The van der Waals surface area contributed by atoms with Crippen molar-refractivity contribution in [1.29, 1.82) is 0 Å². The number of hydrogen-bond acceptors (Lipinski definition) is 6. The molecule has 1 fully saturated rings. The van der Waals surface area contributed by atoms with E-state index >= 15 is 0 Å². The standard InChI is InChI=1S/C13H19F2N7S/c1-8(23-13-18-16-12(10(14)15)21(13)2)11-17-19-20-22(11)9-6-4-3-5-7-9/h8-10H,3-7H2,1-2H3. The summed E-state index contributed by atoms with van der Waals surface area (Å²) in [6, 6.07) is 0.327.